The van der Waals surface area contributed by atoms with Gasteiger partial charge in [0.15, 0.2) is 0 Å². The number of pyridine rings is 1. The number of carbonyl (C=O) groups excluding carboxylic acids is 2. The molecule has 100 valence electrons. The molecule has 0 atom stereocenters. The summed E-state index contributed by atoms with van der Waals surface area (Å²) in [4.78, 5) is 26.9. The highest BCUT2D eigenvalue weighted by Crippen LogP contribution is 2.13. The molecule has 0 aromatic carbocycles. The van der Waals surface area contributed by atoms with Gasteiger partial charge in [-0.25, -0.2) is 9.78 Å². The molecule has 0 fully saturated rings. The Bertz CT molecular complexity index is 618. The summed E-state index contributed by atoms with van der Waals surface area (Å²) in [6.45, 7) is 3.75. The molecule has 0 aliphatic rings. The zero-order valence-corrected chi connectivity index (χ0v) is 10.9. The van der Waals surface area contributed by atoms with Crippen LogP contribution in [0.1, 0.15) is 25.8 Å². The first kappa shape index (κ1) is 13.1. The van der Waals surface area contributed by atoms with Gasteiger partial charge >= 0.3 is 6.03 Å². The Morgan fingerprint density at radius 2 is 2.16 bits per heavy atom. The fraction of sp³-hybridized carbons (Fsp3) is 0.308. The molecule has 0 aliphatic heterocycles. The van der Waals surface area contributed by atoms with Gasteiger partial charge in [-0.15, -0.1) is 0 Å². The fourth-order valence-electron chi connectivity index (χ4n) is 1.70. The SMILES string of the molecule is CCC(=O)NC(=O)Nc1cnc2cc(CC)ccn12. The van der Waals surface area contributed by atoms with E-state index in [4.69, 9.17) is 0 Å². The van der Waals surface area contributed by atoms with Crippen LogP contribution < -0.4 is 10.6 Å². The number of imide groups is 1. The van der Waals surface area contributed by atoms with E-state index in [0.717, 1.165) is 12.1 Å². The Morgan fingerprint density at radius 1 is 1.37 bits per heavy atom. The predicted molar refractivity (Wildman–Crippen MR) is 72.0 cm³/mol. The lowest BCUT2D eigenvalue weighted by molar-refractivity contribution is -0.119. The monoisotopic (exact) mass is 260 g/mol. The molecule has 0 spiro atoms. The Labute approximate surface area is 110 Å². The maximum absolute atomic E-state index is 11.6. The van der Waals surface area contributed by atoms with E-state index >= 15 is 0 Å². The minimum absolute atomic E-state index is 0.264. The largest absolute Gasteiger partial charge is 0.327 e. The van der Waals surface area contributed by atoms with Gasteiger partial charge < -0.3 is 0 Å². The van der Waals surface area contributed by atoms with Crippen molar-refractivity contribution >= 4 is 23.4 Å². The molecule has 0 unspecified atom stereocenters. The number of amides is 3. The van der Waals surface area contributed by atoms with Crippen LogP contribution in [0.3, 0.4) is 0 Å². The molecule has 19 heavy (non-hydrogen) atoms. The third-order valence-electron chi connectivity index (χ3n) is 2.80. The summed E-state index contributed by atoms with van der Waals surface area (Å²) in [5, 5.41) is 4.82. The van der Waals surface area contributed by atoms with Gasteiger partial charge in [-0.2, -0.15) is 0 Å². The summed E-state index contributed by atoms with van der Waals surface area (Å²) < 4.78 is 1.76. The molecule has 0 saturated carbocycles. The summed E-state index contributed by atoms with van der Waals surface area (Å²) in [5.74, 6) is 0.207. The summed E-state index contributed by atoms with van der Waals surface area (Å²) in [7, 11) is 0. The van der Waals surface area contributed by atoms with Crippen LogP contribution in [-0.4, -0.2) is 21.3 Å². The Hall–Kier alpha value is -2.37. The average molecular weight is 260 g/mol. The van der Waals surface area contributed by atoms with Gasteiger partial charge in [0, 0.05) is 12.6 Å². The minimum Gasteiger partial charge on any atom is -0.292 e. The van der Waals surface area contributed by atoms with E-state index in [1.54, 1.807) is 17.5 Å². The first-order valence-electron chi connectivity index (χ1n) is 6.20. The highest BCUT2D eigenvalue weighted by Gasteiger charge is 2.09. The number of carbonyl (C=O) groups is 2. The van der Waals surface area contributed by atoms with Crippen molar-refractivity contribution in [1.29, 1.82) is 0 Å². The topological polar surface area (TPSA) is 75.5 Å². The molecule has 2 heterocycles. The van der Waals surface area contributed by atoms with E-state index < -0.39 is 6.03 Å². The van der Waals surface area contributed by atoms with Crippen molar-refractivity contribution in [3.8, 4) is 0 Å². The normalized spacial score (nSPS) is 10.4. The molecule has 0 saturated heterocycles. The van der Waals surface area contributed by atoms with Crippen molar-refractivity contribution in [3.63, 3.8) is 0 Å². The lowest BCUT2D eigenvalue weighted by atomic mass is 10.2. The van der Waals surface area contributed by atoms with Crippen molar-refractivity contribution in [2.45, 2.75) is 26.7 Å². The van der Waals surface area contributed by atoms with Gasteiger partial charge in [0.05, 0.1) is 6.20 Å². The predicted octanol–water partition coefficient (Wildman–Crippen LogP) is 1.95. The molecule has 6 heteroatoms. The zero-order chi connectivity index (χ0) is 13.8. The van der Waals surface area contributed by atoms with E-state index in [1.807, 2.05) is 18.3 Å². The van der Waals surface area contributed by atoms with E-state index in [1.165, 1.54) is 5.56 Å². The Morgan fingerprint density at radius 3 is 2.84 bits per heavy atom. The van der Waals surface area contributed by atoms with Crippen LogP contribution in [0.25, 0.3) is 5.65 Å². The second kappa shape index (κ2) is 5.51. The highest BCUT2D eigenvalue weighted by atomic mass is 16.2. The number of nitrogens with zero attached hydrogens (tertiary/aromatic N) is 2. The zero-order valence-electron chi connectivity index (χ0n) is 10.9. The maximum Gasteiger partial charge on any atom is 0.327 e. The van der Waals surface area contributed by atoms with Crippen LogP contribution in [0.4, 0.5) is 10.6 Å². The molecule has 2 aromatic heterocycles. The third kappa shape index (κ3) is 2.90. The van der Waals surface area contributed by atoms with Crippen LogP contribution >= 0.6 is 0 Å². The number of nitrogens with one attached hydrogen (secondary N) is 2. The Balaban J connectivity index is 2.17. The quantitative estimate of drug-likeness (QED) is 0.885. The molecule has 2 N–H and O–H groups in total. The van der Waals surface area contributed by atoms with Crippen molar-refractivity contribution in [2.24, 2.45) is 0 Å². The number of aromatic nitrogens is 2. The lowest BCUT2D eigenvalue weighted by Gasteiger charge is -2.06. The van der Waals surface area contributed by atoms with E-state index in [9.17, 15) is 9.59 Å². The van der Waals surface area contributed by atoms with E-state index in [-0.39, 0.29) is 12.3 Å². The van der Waals surface area contributed by atoms with Crippen molar-refractivity contribution < 1.29 is 9.59 Å². The first-order valence-corrected chi connectivity index (χ1v) is 6.20. The molecule has 3 amide bonds. The molecule has 6 nitrogen and oxygen atoms in total. The second-order valence-electron chi connectivity index (χ2n) is 4.12. The molecule has 0 bridgehead atoms. The van der Waals surface area contributed by atoms with Crippen molar-refractivity contribution in [1.82, 2.24) is 14.7 Å². The number of fused-ring (bicyclic) bond motifs is 1. The number of hydrogen-bond acceptors (Lipinski definition) is 3. The summed E-state index contributed by atoms with van der Waals surface area (Å²) in [6, 6.07) is 3.38. The average Bonchev–Trinajstić information content (AvgIpc) is 2.80. The van der Waals surface area contributed by atoms with E-state index in [0.29, 0.717) is 5.82 Å². The van der Waals surface area contributed by atoms with Crippen LogP contribution in [0.15, 0.2) is 24.5 Å². The van der Waals surface area contributed by atoms with Gasteiger partial charge in [0.1, 0.15) is 11.5 Å². The molecule has 0 radical (unpaired) electrons. The third-order valence-corrected chi connectivity index (χ3v) is 2.80. The molecule has 2 aromatic rings. The number of imidazole rings is 1. The lowest BCUT2D eigenvalue weighted by Crippen LogP contribution is -2.34. The van der Waals surface area contributed by atoms with Gasteiger partial charge in [-0.1, -0.05) is 13.8 Å². The van der Waals surface area contributed by atoms with Crippen LogP contribution in [0.2, 0.25) is 0 Å². The van der Waals surface area contributed by atoms with Gasteiger partial charge in [0.2, 0.25) is 5.91 Å². The maximum atomic E-state index is 11.6. The summed E-state index contributed by atoms with van der Waals surface area (Å²) in [5.41, 5.74) is 1.94. The molecular weight excluding hydrogens is 244 g/mol. The minimum atomic E-state index is -0.548. The molecule has 2 rings (SSSR count). The Kier molecular flexibility index (Phi) is 3.79. The van der Waals surface area contributed by atoms with Gasteiger partial charge in [-0.3, -0.25) is 19.8 Å². The second-order valence-corrected chi connectivity index (χ2v) is 4.12. The summed E-state index contributed by atoms with van der Waals surface area (Å²) >= 11 is 0. The van der Waals surface area contributed by atoms with Crippen molar-refractivity contribution in [2.75, 3.05) is 5.32 Å². The van der Waals surface area contributed by atoms with Crippen LogP contribution in [0, 0.1) is 0 Å². The van der Waals surface area contributed by atoms with Gasteiger partial charge in [0.25, 0.3) is 0 Å². The van der Waals surface area contributed by atoms with E-state index in [2.05, 4.69) is 22.5 Å². The number of anilines is 1. The van der Waals surface area contributed by atoms with Crippen molar-refractivity contribution in [3.05, 3.63) is 30.1 Å². The first-order chi connectivity index (χ1) is 9.13. The van der Waals surface area contributed by atoms with Crippen LogP contribution in [-0.2, 0) is 11.2 Å². The fourth-order valence-corrected chi connectivity index (χ4v) is 1.70. The molecular formula is C13H16N4O2. The smallest absolute Gasteiger partial charge is 0.292 e. The number of rotatable bonds is 3. The standard InChI is InChI=1S/C13H16N4O2/c1-3-9-5-6-17-10(7-9)14-8-11(17)15-13(19)16-12(18)4-2/h5-8H,3-4H2,1-2H3,(H2,15,16,18,19). The number of aryl methyl sites for hydroxylation is 1. The highest BCUT2D eigenvalue weighted by molar-refractivity contribution is 6.00. The molecule has 0 aliphatic carbocycles. The van der Waals surface area contributed by atoms with Crippen LogP contribution in [0.5, 0.6) is 0 Å². The summed E-state index contributed by atoms with van der Waals surface area (Å²) in [6.07, 6.45) is 4.60. The number of urea groups is 1. The number of hydrogen-bond donors (Lipinski definition) is 2. The van der Waals surface area contributed by atoms with Gasteiger partial charge in [-0.05, 0) is 24.1 Å².